The van der Waals surface area contributed by atoms with Crippen LogP contribution in [0.3, 0.4) is 0 Å². The fourth-order valence-corrected chi connectivity index (χ4v) is 2.68. The van der Waals surface area contributed by atoms with Gasteiger partial charge in [0.15, 0.2) is 0 Å². The molecule has 6 heteroatoms. The largest absolute Gasteiger partial charge is 0.361 e. The second-order valence-electron chi connectivity index (χ2n) is 4.45. The molecule has 0 saturated heterocycles. The minimum absolute atomic E-state index is 0.275. The van der Waals surface area contributed by atoms with E-state index in [-0.39, 0.29) is 5.91 Å². The molecule has 0 saturated carbocycles. The monoisotopic (exact) mass is 338 g/mol. The Bertz CT molecular complexity index is 842. The molecular weight excluding hydrogens is 331 g/mol. The fourth-order valence-electron chi connectivity index (χ4n) is 2.08. The number of amides is 1. The van der Waals surface area contributed by atoms with Gasteiger partial charge in [0.25, 0.3) is 5.91 Å². The van der Waals surface area contributed by atoms with Gasteiger partial charge in [0.2, 0.25) is 0 Å². The number of fused-ring (bicyclic) bond motifs is 1. The third-order valence-corrected chi connectivity index (χ3v) is 4.12. The predicted octanol–water partition coefficient (Wildman–Crippen LogP) is 5.38. The number of rotatable bonds is 2. The van der Waals surface area contributed by atoms with Gasteiger partial charge in [0.05, 0.1) is 31.8 Å². The van der Waals surface area contributed by atoms with Gasteiger partial charge in [0.1, 0.15) is 0 Å². The summed E-state index contributed by atoms with van der Waals surface area (Å²) in [4.78, 5) is 15.5. The number of hydrogen-bond donors (Lipinski definition) is 2. The highest BCUT2D eigenvalue weighted by Crippen LogP contribution is 2.32. The predicted molar refractivity (Wildman–Crippen MR) is 87.7 cm³/mol. The molecular formula is C15H9Cl3N2O. The van der Waals surface area contributed by atoms with Crippen molar-refractivity contribution < 1.29 is 4.79 Å². The average Bonchev–Trinajstić information content (AvgIpc) is 2.92. The number of H-pyrrole nitrogens is 1. The Kier molecular flexibility index (Phi) is 3.81. The number of carbonyl (C=O) groups is 1. The number of aromatic amines is 1. The minimum atomic E-state index is -0.275. The lowest BCUT2D eigenvalue weighted by Crippen LogP contribution is -2.12. The van der Waals surface area contributed by atoms with Crippen LogP contribution in [-0.2, 0) is 0 Å². The molecule has 21 heavy (non-hydrogen) atoms. The molecule has 0 aliphatic heterocycles. The van der Waals surface area contributed by atoms with E-state index in [4.69, 9.17) is 34.8 Å². The number of benzene rings is 2. The Hall–Kier alpha value is -1.68. The molecule has 0 aliphatic rings. The summed E-state index contributed by atoms with van der Waals surface area (Å²) in [6.45, 7) is 0. The summed E-state index contributed by atoms with van der Waals surface area (Å²) in [6.07, 6.45) is 1.79. The number of halogens is 3. The summed E-state index contributed by atoms with van der Waals surface area (Å²) < 4.78 is 0. The number of hydrogen-bond acceptors (Lipinski definition) is 1. The van der Waals surface area contributed by atoms with Gasteiger partial charge in [-0.05, 0) is 24.3 Å². The first-order valence-electron chi connectivity index (χ1n) is 6.08. The fraction of sp³-hybridized carbons (Fsp3) is 0. The van der Waals surface area contributed by atoms with Crippen molar-refractivity contribution >= 4 is 57.3 Å². The zero-order chi connectivity index (χ0) is 15.0. The van der Waals surface area contributed by atoms with E-state index >= 15 is 0 Å². The lowest BCUT2D eigenvalue weighted by Gasteiger charge is -2.09. The highest BCUT2D eigenvalue weighted by molar-refractivity contribution is 6.44. The zero-order valence-corrected chi connectivity index (χ0v) is 12.9. The Morgan fingerprint density at radius 2 is 1.76 bits per heavy atom. The van der Waals surface area contributed by atoms with Crippen molar-refractivity contribution in [3.63, 3.8) is 0 Å². The van der Waals surface area contributed by atoms with Crippen LogP contribution in [0.15, 0.2) is 42.6 Å². The van der Waals surface area contributed by atoms with E-state index < -0.39 is 0 Å². The van der Waals surface area contributed by atoms with Gasteiger partial charge in [-0.15, -0.1) is 0 Å². The molecule has 1 aromatic heterocycles. The van der Waals surface area contributed by atoms with E-state index in [9.17, 15) is 4.79 Å². The van der Waals surface area contributed by atoms with Crippen LogP contribution in [0.25, 0.3) is 10.9 Å². The molecule has 0 bridgehead atoms. The zero-order valence-electron chi connectivity index (χ0n) is 10.6. The maximum absolute atomic E-state index is 12.4. The lowest BCUT2D eigenvalue weighted by atomic mass is 10.1. The Labute approximate surface area is 135 Å². The van der Waals surface area contributed by atoms with Crippen LogP contribution >= 0.6 is 34.8 Å². The van der Waals surface area contributed by atoms with Crippen molar-refractivity contribution in [3.05, 3.63) is 63.2 Å². The van der Waals surface area contributed by atoms with E-state index in [2.05, 4.69) is 10.3 Å². The Morgan fingerprint density at radius 1 is 1.00 bits per heavy atom. The molecule has 2 N–H and O–H groups in total. The van der Waals surface area contributed by atoms with Crippen LogP contribution in [0.5, 0.6) is 0 Å². The topological polar surface area (TPSA) is 44.9 Å². The molecule has 0 atom stereocenters. The highest BCUT2D eigenvalue weighted by Gasteiger charge is 2.13. The molecule has 3 rings (SSSR count). The van der Waals surface area contributed by atoms with Crippen molar-refractivity contribution in [2.24, 2.45) is 0 Å². The lowest BCUT2D eigenvalue weighted by molar-refractivity contribution is 0.102. The van der Waals surface area contributed by atoms with Gasteiger partial charge in [-0.1, -0.05) is 46.9 Å². The first kappa shape index (κ1) is 14.3. The molecule has 2 aromatic carbocycles. The second kappa shape index (κ2) is 5.60. The second-order valence-corrected chi connectivity index (χ2v) is 5.67. The van der Waals surface area contributed by atoms with Gasteiger partial charge < -0.3 is 10.3 Å². The van der Waals surface area contributed by atoms with Crippen molar-refractivity contribution in [2.75, 3.05) is 5.32 Å². The molecule has 0 spiro atoms. The van der Waals surface area contributed by atoms with Gasteiger partial charge >= 0.3 is 0 Å². The van der Waals surface area contributed by atoms with Crippen LogP contribution < -0.4 is 5.32 Å². The summed E-state index contributed by atoms with van der Waals surface area (Å²) in [5.74, 6) is -0.275. The number of nitrogens with one attached hydrogen (secondary N) is 2. The number of anilines is 1. The summed E-state index contributed by atoms with van der Waals surface area (Å²) in [5, 5.41) is 4.70. The van der Waals surface area contributed by atoms with Gasteiger partial charge in [-0.2, -0.15) is 0 Å². The standard InChI is InChI=1S/C15H9Cl3N2O/c16-10-6-12(18)13(7-11(10)17)20-15(21)9-3-1-2-8-4-5-19-14(8)9/h1-7,19H,(H,20,21). The first-order chi connectivity index (χ1) is 10.1. The number of para-hydroxylation sites is 1. The molecule has 0 aliphatic carbocycles. The van der Waals surface area contributed by atoms with Crippen molar-refractivity contribution in [1.82, 2.24) is 4.98 Å². The van der Waals surface area contributed by atoms with Gasteiger partial charge in [0, 0.05) is 11.6 Å². The third kappa shape index (κ3) is 2.72. The van der Waals surface area contributed by atoms with Crippen molar-refractivity contribution in [1.29, 1.82) is 0 Å². The van der Waals surface area contributed by atoms with E-state index in [0.29, 0.717) is 26.3 Å². The molecule has 0 radical (unpaired) electrons. The SMILES string of the molecule is O=C(Nc1cc(Cl)c(Cl)cc1Cl)c1cccc2cc[nH]c12. The third-order valence-electron chi connectivity index (χ3n) is 3.09. The van der Waals surface area contributed by atoms with Crippen LogP contribution in [0.1, 0.15) is 10.4 Å². The van der Waals surface area contributed by atoms with Crippen LogP contribution in [0, 0.1) is 0 Å². The average molecular weight is 340 g/mol. The summed E-state index contributed by atoms with van der Waals surface area (Å²) >= 11 is 17.9. The van der Waals surface area contributed by atoms with E-state index in [1.165, 1.54) is 12.1 Å². The molecule has 0 unspecified atom stereocenters. The maximum Gasteiger partial charge on any atom is 0.257 e. The molecule has 106 valence electrons. The quantitative estimate of drug-likeness (QED) is 0.605. The van der Waals surface area contributed by atoms with Crippen LogP contribution in [0.2, 0.25) is 15.1 Å². The molecule has 3 aromatic rings. The Balaban J connectivity index is 1.97. The van der Waals surface area contributed by atoms with Crippen LogP contribution in [0.4, 0.5) is 5.69 Å². The normalized spacial score (nSPS) is 10.8. The Morgan fingerprint density at radius 3 is 2.57 bits per heavy atom. The summed E-state index contributed by atoms with van der Waals surface area (Å²) in [5.41, 5.74) is 1.71. The molecule has 1 amide bonds. The summed E-state index contributed by atoms with van der Waals surface area (Å²) in [6, 6.07) is 10.4. The van der Waals surface area contributed by atoms with Gasteiger partial charge in [-0.25, -0.2) is 0 Å². The summed E-state index contributed by atoms with van der Waals surface area (Å²) in [7, 11) is 0. The molecule has 1 heterocycles. The van der Waals surface area contributed by atoms with Crippen molar-refractivity contribution in [3.8, 4) is 0 Å². The highest BCUT2D eigenvalue weighted by atomic mass is 35.5. The number of aromatic nitrogens is 1. The minimum Gasteiger partial charge on any atom is -0.361 e. The molecule has 3 nitrogen and oxygen atoms in total. The van der Waals surface area contributed by atoms with Crippen LogP contribution in [-0.4, -0.2) is 10.9 Å². The maximum atomic E-state index is 12.4. The number of carbonyl (C=O) groups excluding carboxylic acids is 1. The smallest absolute Gasteiger partial charge is 0.257 e. The van der Waals surface area contributed by atoms with E-state index in [1.54, 1.807) is 12.3 Å². The van der Waals surface area contributed by atoms with Crippen molar-refractivity contribution in [2.45, 2.75) is 0 Å². The molecule has 0 fully saturated rings. The van der Waals surface area contributed by atoms with Gasteiger partial charge in [-0.3, -0.25) is 4.79 Å². The van der Waals surface area contributed by atoms with E-state index in [0.717, 1.165) is 10.9 Å². The van der Waals surface area contributed by atoms with E-state index in [1.807, 2.05) is 18.2 Å². The first-order valence-corrected chi connectivity index (χ1v) is 7.21.